The van der Waals surface area contributed by atoms with Gasteiger partial charge in [-0.1, -0.05) is 11.6 Å². The number of hydrogen-bond acceptors (Lipinski definition) is 6. The Morgan fingerprint density at radius 3 is 2.89 bits per heavy atom. The Morgan fingerprint density at radius 2 is 2.32 bits per heavy atom. The Morgan fingerprint density at radius 1 is 1.63 bits per heavy atom. The molecule has 1 rings (SSSR count). The van der Waals surface area contributed by atoms with Crippen molar-refractivity contribution in [1.82, 2.24) is 4.98 Å². The van der Waals surface area contributed by atoms with Crippen molar-refractivity contribution in [3.8, 4) is 0 Å². The molecule has 1 atom stereocenters. The first-order chi connectivity index (χ1) is 8.95. The fourth-order valence-corrected chi connectivity index (χ4v) is 1.42. The van der Waals surface area contributed by atoms with Crippen LogP contribution >= 0.6 is 11.6 Å². The van der Waals surface area contributed by atoms with Gasteiger partial charge in [0.05, 0.1) is 11.5 Å². The molecular formula is C11H13ClN2O5. The highest BCUT2D eigenvalue weighted by Gasteiger charge is 2.20. The number of nitro groups is 1. The first kappa shape index (κ1) is 15.3. The number of esters is 1. The molecule has 1 aromatic heterocycles. The summed E-state index contributed by atoms with van der Waals surface area (Å²) < 4.78 is 10.1. The molecule has 0 radical (unpaired) electrons. The number of pyridine rings is 1. The zero-order valence-corrected chi connectivity index (χ0v) is 11.2. The van der Waals surface area contributed by atoms with Crippen molar-refractivity contribution in [2.45, 2.75) is 20.0 Å². The van der Waals surface area contributed by atoms with Crippen LogP contribution in [0.2, 0.25) is 5.15 Å². The van der Waals surface area contributed by atoms with Gasteiger partial charge in [0.1, 0.15) is 23.0 Å². The van der Waals surface area contributed by atoms with E-state index < -0.39 is 17.0 Å². The minimum absolute atomic E-state index is 0.140. The van der Waals surface area contributed by atoms with Crippen molar-refractivity contribution in [3.05, 3.63) is 33.1 Å². The zero-order valence-electron chi connectivity index (χ0n) is 10.5. The Balaban J connectivity index is 2.81. The number of rotatable bonds is 6. The average molecular weight is 289 g/mol. The second-order valence-electron chi connectivity index (χ2n) is 3.66. The highest BCUT2D eigenvalue weighted by atomic mass is 35.5. The molecule has 0 N–H and O–H groups in total. The van der Waals surface area contributed by atoms with Gasteiger partial charge in [0.25, 0.3) is 5.69 Å². The van der Waals surface area contributed by atoms with E-state index in [4.69, 9.17) is 21.1 Å². The van der Waals surface area contributed by atoms with E-state index in [0.29, 0.717) is 6.61 Å². The van der Waals surface area contributed by atoms with Crippen molar-refractivity contribution >= 4 is 23.3 Å². The lowest BCUT2D eigenvalue weighted by Crippen LogP contribution is -2.21. The van der Waals surface area contributed by atoms with Crippen LogP contribution in [0, 0.1) is 10.1 Å². The van der Waals surface area contributed by atoms with Gasteiger partial charge in [-0.05, 0) is 13.8 Å². The lowest BCUT2D eigenvalue weighted by molar-refractivity contribution is -0.385. The fourth-order valence-electron chi connectivity index (χ4n) is 1.24. The number of ether oxygens (including phenoxy) is 2. The Labute approximate surface area is 114 Å². The molecular weight excluding hydrogens is 276 g/mol. The third-order valence-corrected chi connectivity index (χ3v) is 2.42. The van der Waals surface area contributed by atoms with Crippen LogP contribution in [-0.2, 0) is 9.47 Å². The predicted octanol–water partition coefficient (Wildman–Crippen LogP) is 2.22. The first-order valence-corrected chi connectivity index (χ1v) is 5.92. The van der Waals surface area contributed by atoms with Crippen LogP contribution in [0.4, 0.5) is 5.69 Å². The predicted molar refractivity (Wildman–Crippen MR) is 67.3 cm³/mol. The van der Waals surface area contributed by atoms with Crippen LogP contribution in [0.1, 0.15) is 24.2 Å². The van der Waals surface area contributed by atoms with Gasteiger partial charge in [-0.15, -0.1) is 0 Å². The van der Waals surface area contributed by atoms with Gasteiger partial charge in [0.15, 0.2) is 0 Å². The lowest BCUT2D eigenvalue weighted by Gasteiger charge is -2.13. The maximum absolute atomic E-state index is 11.8. The molecule has 0 aliphatic rings. The fraction of sp³-hybridized carbons (Fsp3) is 0.455. The minimum Gasteiger partial charge on any atom is -0.457 e. The molecule has 19 heavy (non-hydrogen) atoms. The molecule has 1 aromatic rings. The summed E-state index contributed by atoms with van der Waals surface area (Å²) in [7, 11) is 0. The van der Waals surface area contributed by atoms with Crippen molar-refractivity contribution in [1.29, 1.82) is 0 Å². The molecule has 7 nitrogen and oxygen atoms in total. The highest BCUT2D eigenvalue weighted by Crippen LogP contribution is 2.20. The van der Waals surface area contributed by atoms with Crippen molar-refractivity contribution < 1.29 is 19.2 Å². The van der Waals surface area contributed by atoms with E-state index in [2.05, 4.69) is 4.98 Å². The molecule has 0 saturated carbocycles. The molecule has 1 unspecified atom stereocenters. The van der Waals surface area contributed by atoms with Crippen molar-refractivity contribution in [2.24, 2.45) is 0 Å². The van der Waals surface area contributed by atoms with E-state index in [1.807, 2.05) is 6.92 Å². The Bertz CT molecular complexity index is 480. The topological polar surface area (TPSA) is 91.6 Å². The summed E-state index contributed by atoms with van der Waals surface area (Å²) in [6, 6.07) is 1.03. The van der Waals surface area contributed by atoms with E-state index in [0.717, 1.165) is 12.3 Å². The highest BCUT2D eigenvalue weighted by molar-refractivity contribution is 6.32. The van der Waals surface area contributed by atoms with Gasteiger partial charge < -0.3 is 9.47 Å². The molecule has 0 aromatic carbocycles. The van der Waals surface area contributed by atoms with Gasteiger partial charge in [0.2, 0.25) is 0 Å². The Hall–Kier alpha value is -1.73. The molecule has 0 fully saturated rings. The minimum atomic E-state index is -0.770. The molecule has 0 spiro atoms. The summed E-state index contributed by atoms with van der Waals surface area (Å²) in [6.45, 7) is 4.20. The normalized spacial score (nSPS) is 11.9. The van der Waals surface area contributed by atoms with Crippen LogP contribution in [0.25, 0.3) is 0 Å². The molecule has 1 heterocycles. The maximum atomic E-state index is 11.8. The average Bonchev–Trinajstić information content (AvgIpc) is 2.36. The second-order valence-corrected chi connectivity index (χ2v) is 4.02. The van der Waals surface area contributed by atoms with E-state index in [-0.39, 0.29) is 23.0 Å². The van der Waals surface area contributed by atoms with Crippen molar-refractivity contribution in [3.63, 3.8) is 0 Å². The third-order valence-electron chi connectivity index (χ3n) is 2.12. The van der Waals surface area contributed by atoms with Crippen LogP contribution in [-0.4, -0.2) is 35.2 Å². The number of carbonyl (C=O) groups is 1. The maximum Gasteiger partial charge on any atom is 0.341 e. The molecule has 0 saturated heterocycles. The number of carbonyl (C=O) groups excluding carboxylic acids is 1. The molecule has 104 valence electrons. The monoisotopic (exact) mass is 288 g/mol. The van der Waals surface area contributed by atoms with E-state index in [1.165, 1.54) is 0 Å². The summed E-state index contributed by atoms with van der Waals surface area (Å²) in [4.78, 5) is 25.3. The molecule has 8 heteroatoms. The first-order valence-electron chi connectivity index (χ1n) is 5.54. The van der Waals surface area contributed by atoms with Gasteiger partial charge in [-0.3, -0.25) is 10.1 Å². The SMILES string of the molecule is CCOCC(C)OC(=O)c1cc([N+](=O)[O-])cnc1Cl. The standard InChI is InChI=1S/C11H13ClN2O5/c1-3-18-6-7(2)19-11(15)9-4-8(14(16)17)5-13-10(9)12/h4-5,7H,3,6H2,1-2H3. The van der Waals surface area contributed by atoms with Crippen LogP contribution in [0.15, 0.2) is 12.3 Å². The number of aromatic nitrogens is 1. The van der Waals surface area contributed by atoms with E-state index in [1.54, 1.807) is 6.92 Å². The third kappa shape index (κ3) is 4.46. The number of hydrogen-bond donors (Lipinski definition) is 0. The van der Waals surface area contributed by atoms with Gasteiger partial charge >= 0.3 is 5.97 Å². The number of nitrogens with zero attached hydrogens (tertiary/aromatic N) is 2. The van der Waals surface area contributed by atoms with Crippen molar-refractivity contribution in [2.75, 3.05) is 13.2 Å². The summed E-state index contributed by atoms with van der Waals surface area (Å²) in [5, 5.41) is 10.5. The quantitative estimate of drug-likeness (QED) is 0.345. The van der Waals surface area contributed by atoms with Crippen LogP contribution < -0.4 is 0 Å². The summed E-state index contributed by atoms with van der Waals surface area (Å²) in [6.07, 6.45) is 0.491. The molecule has 0 aliphatic heterocycles. The number of halogens is 1. The van der Waals surface area contributed by atoms with E-state index >= 15 is 0 Å². The second kappa shape index (κ2) is 7.01. The van der Waals surface area contributed by atoms with E-state index in [9.17, 15) is 14.9 Å². The van der Waals surface area contributed by atoms with Gasteiger partial charge in [-0.25, -0.2) is 9.78 Å². The largest absolute Gasteiger partial charge is 0.457 e. The Kier molecular flexibility index (Phi) is 5.65. The molecule has 0 bridgehead atoms. The van der Waals surface area contributed by atoms with Crippen LogP contribution in [0.3, 0.4) is 0 Å². The van der Waals surface area contributed by atoms with Gasteiger partial charge in [0, 0.05) is 12.7 Å². The molecule has 0 amide bonds. The summed E-state index contributed by atoms with van der Waals surface area (Å²) in [5.41, 5.74) is -0.465. The molecule has 0 aliphatic carbocycles. The zero-order chi connectivity index (χ0) is 14.4. The summed E-state index contributed by atoms with van der Waals surface area (Å²) >= 11 is 5.72. The smallest absolute Gasteiger partial charge is 0.341 e. The van der Waals surface area contributed by atoms with Gasteiger partial charge in [-0.2, -0.15) is 0 Å². The van der Waals surface area contributed by atoms with Crippen LogP contribution in [0.5, 0.6) is 0 Å². The lowest BCUT2D eigenvalue weighted by atomic mass is 10.2. The summed E-state index contributed by atoms with van der Waals surface area (Å²) in [5.74, 6) is -0.770.